The van der Waals surface area contributed by atoms with E-state index < -0.39 is 0 Å². The molecule has 5 nitrogen and oxygen atoms in total. The lowest BCUT2D eigenvalue weighted by Crippen LogP contribution is -2.43. The lowest BCUT2D eigenvalue weighted by atomic mass is 9.95. The molecule has 1 aromatic heterocycles. The van der Waals surface area contributed by atoms with E-state index in [0.717, 1.165) is 10.2 Å². The molecular formula is C17H20ClN3O2S. The summed E-state index contributed by atoms with van der Waals surface area (Å²) >= 11 is 7.40. The molecule has 7 heteroatoms. The van der Waals surface area contributed by atoms with Crippen LogP contribution >= 0.6 is 22.9 Å². The van der Waals surface area contributed by atoms with E-state index in [9.17, 15) is 9.59 Å². The standard InChI is InChI=1S/C17H20ClN3O2S/c1-10(2)16(23)21-7-5-11(6-8-21)15(22)20-17-19-13-4-3-12(18)9-14(13)24-17/h3-4,9-11H,5-8H2,1-2H3,(H,19,20,22). The van der Waals surface area contributed by atoms with Crippen molar-refractivity contribution in [3.63, 3.8) is 0 Å². The van der Waals surface area contributed by atoms with E-state index >= 15 is 0 Å². The predicted octanol–water partition coefficient (Wildman–Crippen LogP) is 3.78. The second-order valence-corrected chi connectivity index (χ2v) is 7.84. The Balaban J connectivity index is 1.60. The molecule has 1 aromatic carbocycles. The van der Waals surface area contributed by atoms with Crippen molar-refractivity contribution in [2.75, 3.05) is 18.4 Å². The maximum Gasteiger partial charge on any atom is 0.229 e. The van der Waals surface area contributed by atoms with Crippen molar-refractivity contribution in [2.45, 2.75) is 26.7 Å². The highest BCUT2D eigenvalue weighted by molar-refractivity contribution is 7.22. The number of nitrogens with one attached hydrogen (secondary N) is 1. The van der Waals surface area contributed by atoms with Gasteiger partial charge in [-0.1, -0.05) is 36.8 Å². The van der Waals surface area contributed by atoms with Crippen LogP contribution < -0.4 is 5.32 Å². The fourth-order valence-electron chi connectivity index (χ4n) is 2.89. The van der Waals surface area contributed by atoms with Gasteiger partial charge in [-0.15, -0.1) is 0 Å². The van der Waals surface area contributed by atoms with Gasteiger partial charge in [0, 0.05) is 29.9 Å². The van der Waals surface area contributed by atoms with Gasteiger partial charge in [0.15, 0.2) is 5.13 Å². The monoisotopic (exact) mass is 365 g/mol. The number of anilines is 1. The van der Waals surface area contributed by atoms with Crippen molar-refractivity contribution >= 4 is 50.1 Å². The fourth-order valence-corrected chi connectivity index (χ4v) is 4.03. The van der Waals surface area contributed by atoms with E-state index in [0.29, 0.717) is 36.1 Å². The molecule has 1 saturated heterocycles. The van der Waals surface area contributed by atoms with Crippen molar-refractivity contribution in [1.29, 1.82) is 0 Å². The number of piperidine rings is 1. The first-order chi connectivity index (χ1) is 11.4. The van der Waals surface area contributed by atoms with Gasteiger partial charge in [-0.2, -0.15) is 0 Å². The topological polar surface area (TPSA) is 62.3 Å². The Labute approximate surface area is 150 Å². The van der Waals surface area contributed by atoms with Crippen molar-refractivity contribution in [3.05, 3.63) is 23.2 Å². The Morgan fingerprint density at radius 2 is 2.04 bits per heavy atom. The number of amides is 2. The van der Waals surface area contributed by atoms with E-state index in [1.165, 1.54) is 11.3 Å². The number of benzene rings is 1. The Kier molecular flexibility index (Phi) is 5.06. The van der Waals surface area contributed by atoms with Gasteiger partial charge < -0.3 is 10.2 Å². The van der Waals surface area contributed by atoms with Gasteiger partial charge in [0.1, 0.15) is 0 Å². The second kappa shape index (κ2) is 7.07. The van der Waals surface area contributed by atoms with Crippen molar-refractivity contribution < 1.29 is 9.59 Å². The van der Waals surface area contributed by atoms with Crippen LogP contribution in [0.4, 0.5) is 5.13 Å². The number of hydrogen-bond acceptors (Lipinski definition) is 4. The summed E-state index contributed by atoms with van der Waals surface area (Å²) in [7, 11) is 0. The average molecular weight is 366 g/mol. The first-order valence-corrected chi connectivity index (χ1v) is 9.29. The maximum absolute atomic E-state index is 12.4. The molecular weight excluding hydrogens is 346 g/mol. The molecule has 1 aliphatic rings. The fraction of sp³-hybridized carbons (Fsp3) is 0.471. The number of rotatable bonds is 3. The highest BCUT2D eigenvalue weighted by Gasteiger charge is 2.28. The van der Waals surface area contributed by atoms with Gasteiger partial charge in [0.2, 0.25) is 11.8 Å². The summed E-state index contributed by atoms with van der Waals surface area (Å²) in [6.45, 7) is 5.09. The smallest absolute Gasteiger partial charge is 0.229 e. The number of aromatic nitrogens is 1. The van der Waals surface area contributed by atoms with E-state index in [1.807, 2.05) is 30.9 Å². The van der Waals surface area contributed by atoms with Gasteiger partial charge in [-0.3, -0.25) is 9.59 Å². The zero-order valence-corrected chi connectivity index (χ0v) is 15.3. The number of carbonyl (C=O) groups is 2. The first-order valence-electron chi connectivity index (χ1n) is 8.10. The van der Waals surface area contributed by atoms with Crippen LogP contribution in [0.3, 0.4) is 0 Å². The third-order valence-electron chi connectivity index (χ3n) is 4.25. The van der Waals surface area contributed by atoms with Crippen LogP contribution in [-0.4, -0.2) is 34.8 Å². The van der Waals surface area contributed by atoms with E-state index in [-0.39, 0.29) is 23.7 Å². The van der Waals surface area contributed by atoms with Gasteiger partial charge in [0.05, 0.1) is 10.2 Å². The summed E-state index contributed by atoms with van der Waals surface area (Å²) in [4.78, 5) is 30.7. The molecule has 3 rings (SSSR count). The van der Waals surface area contributed by atoms with Crippen molar-refractivity contribution in [2.24, 2.45) is 11.8 Å². The molecule has 0 spiro atoms. The van der Waals surface area contributed by atoms with E-state index in [2.05, 4.69) is 10.3 Å². The summed E-state index contributed by atoms with van der Waals surface area (Å²) in [5, 5.41) is 4.16. The molecule has 0 aliphatic carbocycles. The number of fused-ring (bicyclic) bond motifs is 1. The first kappa shape index (κ1) is 17.2. The highest BCUT2D eigenvalue weighted by atomic mass is 35.5. The Morgan fingerprint density at radius 3 is 2.71 bits per heavy atom. The quantitative estimate of drug-likeness (QED) is 0.900. The molecule has 0 bridgehead atoms. The normalized spacial score (nSPS) is 15.9. The van der Waals surface area contributed by atoms with Crippen LogP contribution in [0, 0.1) is 11.8 Å². The number of thiazole rings is 1. The molecule has 2 heterocycles. The molecule has 2 amide bonds. The van der Waals surface area contributed by atoms with Crippen LogP contribution in [0.15, 0.2) is 18.2 Å². The number of likely N-dealkylation sites (tertiary alicyclic amines) is 1. The van der Waals surface area contributed by atoms with Crippen LogP contribution in [0.2, 0.25) is 5.02 Å². The molecule has 128 valence electrons. The molecule has 0 unspecified atom stereocenters. The van der Waals surface area contributed by atoms with Crippen molar-refractivity contribution in [1.82, 2.24) is 9.88 Å². The minimum absolute atomic E-state index is 0.00458. The van der Waals surface area contributed by atoms with Crippen LogP contribution in [0.25, 0.3) is 10.2 Å². The van der Waals surface area contributed by atoms with Gasteiger partial charge in [-0.25, -0.2) is 4.98 Å². The van der Waals surface area contributed by atoms with Gasteiger partial charge in [-0.05, 0) is 31.0 Å². The minimum Gasteiger partial charge on any atom is -0.342 e. The molecule has 24 heavy (non-hydrogen) atoms. The third-order valence-corrected chi connectivity index (χ3v) is 5.42. The molecule has 0 radical (unpaired) electrons. The third kappa shape index (κ3) is 3.70. The van der Waals surface area contributed by atoms with Crippen LogP contribution in [0.1, 0.15) is 26.7 Å². The number of halogens is 1. The Morgan fingerprint density at radius 1 is 1.33 bits per heavy atom. The maximum atomic E-state index is 12.4. The molecule has 1 N–H and O–H groups in total. The van der Waals surface area contributed by atoms with E-state index in [1.54, 1.807) is 6.07 Å². The van der Waals surface area contributed by atoms with Crippen LogP contribution in [0.5, 0.6) is 0 Å². The molecule has 0 atom stereocenters. The molecule has 2 aromatic rings. The number of carbonyl (C=O) groups excluding carboxylic acids is 2. The van der Waals surface area contributed by atoms with Gasteiger partial charge >= 0.3 is 0 Å². The lowest BCUT2D eigenvalue weighted by Gasteiger charge is -2.32. The molecule has 0 saturated carbocycles. The zero-order valence-electron chi connectivity index (χ0n) is 13.7. The molecule has 1 fully saturated rings. The van der Waals surface area contributed by atoms with Crippen LogP contribution in [-0.2, 0) is 9.59 Å². The molecule has 1 aliphatic heterocycles. The van der Waals surface area contributed by atoms with Crippen molar-refractivity contribution in [3.8, 4) is 0 Å². The van der Waals surface area contributed by atoms with Gasteiger partial charge in [0.25, 0.3) is 0 Å². The summed E-state index contributed by atoms with van der Waals surface area (Å²) in [5.74, 6) is 0.0791. The summed E-state index contributed by atoms with van der Waals surface area (Å²) in [6.07, 6.45) is 1.39. The minimum atomic E-state index is -0.0724. The number of hydrogen-bond donors (Lipinski definition) is 1. The highest BCUT2D eigenvalue weighted by Crippen LogP contribution is 2.29. The number of nitrogens with zero attached hydrogens (tertiary/aromatic N) is 2. The van der Waals surface area contributed by atoms with E-state index in [4.69, 9.17) is 11.6 Å². The summed E-state index contributed by atoms with van der Waals surface area (Å²) in [6, 6.07) is 5.48. The zero-order chi connectivity index (χ0) is 17.3. The average Bonchev–Trinajstić information content (AvgIpc) is 2.95. The Hall–Kier alpha value is -1.66. The lowest BCUT2D eigenvalue weighted by molar-refractivity contribution is -0.137. The summed E-state index contributed by atoms with van der Waals surface area (Å²) in [5.41, 5.74) is 0.831. The largest absolute Gasteiger partial charge is 0.342 e. The predicted molar refractivity (Wildman–Crippen MR) is 97.4 cm³/mol. The second-order valence-electron chi connectivity index (χ2n) is 6.37. The Bertz CT molecular complexity index is 766. The SMILES string of the molecule is CC(C)C(=O)N1CCC(C(=O)Nc2nc3ccc(Cl)cc3s2)CC1. The summed E-state index contributed by atoms with van der Waals surface area (Å²) < 4.78 is 0.954.